The second kappa shape index (κ2) is 7.47. The molecule has 28 heavy (non-hydrogen) atoms. The van der Waals surface area contributed by atoms with E-state index in [-0.39, 0.29) is 23.8 Å². The summed E-state index contributed by atoms with van der Waals surface area (Å²) in [6.07, 6.45) is 3.48. The minimum absolute atomic E-state index is 0.0717. The first kappa shape index (κ1) is 18.2. The average Bonchev–Trinajstić information content (AvgIpc) is 3.10. The fraction of sp³-hybridized carbons (Fsp3) is 0.200. The van der Waals surface area contributed by atoms with Crippen LogP contribution in [0, 0.1) is 5.92 Å². The number of aromatic amines is 1. The van der Waals surface area contributed by atoms with Gasteiger partial charge in [-0.25, -0.2) is 4.98 Å². The standard InChI is InChI=1S/C20H18N4O3S/c1-28-15-4-2-3-14(9-15)24-10-12(7-18(24)25)19(26)23-13-5-6-17-16(8-13)20(27)22-11-21-17/h2-6,8-9,11-12H,7,10H2,1H3,(H,23,26)(H,21,22,27). The normalized spacial score (nSPS) is 16.5. The first-order valence-electron chi connectivity index (χ1n) is 8.78. The number of aromatic nitrogens is 2. The highest BCUT2D eigenvalue weighted by Crippen LogP contribution is 2.29. The summed E-state index contributed by atoms with van der Waals surface area (Å²) in [4.78, 5) is 46.4. The molecule has 142 valence electrons. The summed E-state index contributed by atoms with van der Waals surface area (Å²) in [5.41, 5.74) is 1.59. The van der Waals surface area contributed by atoms with Gasteiger partial charge in [-0.05, 0) is 42.7 Å². The van der Waals surface area contributed by atoms with Crippen LogP contribution >= 0.6 is 11.8 Å². The zero-order valence-corrected chi connectivity index (χ0v) is 16.0. The summed E-state index contributed by atoms with van der Waals surface area (Å²) in [5, 5.41) is 3.22. The second-order valence-corrected chi connectivity index (χ2v) is 7.44. The van der Waals surface area contributed by atoms with Crippen LogP contribution in [0.2, 0.25) is 0 Å². The van der Waals surface area contributed by atoms with Crippen molar-refractivity contribution in [3.63, 3.8) is 0 Å². The van der Waals surface area contributed by atoms with Gasteiger partial charge in [0.25, 0.3) is 5.56 Å². The van der Waals surface area contributed by atoms with Gasteiger partial charge in [0.15, 0.2) is 0 Å². The molecule has 0 radical (unpaired) electrons. The van der Waals surface area contributed by atoms with E-state index in [0.717, 1.165) is 10.6 Å². The fourth-order valence-electron chi connectivity index (χ4n) is 3.30. The molecule has 2 heterocycles. The van der Waals surface area contributed by atoms with Crippen LogP contribution in [-0.2, 0) is 9.59 Å². The van der Waals surface area contributed by atoms with Crippen LogP contribution in [0.25, 0.3) is 10.9 Å². The number of carbonyl (C=O) groups excluding carboxylic acids is 2. The minimum atomic E-state index is -0.451. The summed E-state index contributed by atoms with van der Waals surface area (Å²) in [6, 6.07) is 12.7. The smallest absolute Gasteiger partial charge is 0.258 e. The topological polar surface area (TPSA) is 95.2 Å². The van der Waals surface area contributed by atoms with Crippen molar-refractivity contribution in [3.05, 3.63) is 59.1 Å². The molecular weight excluding hydrogens is 376 g/mol. The first-order chi connectivity index (χ1) is 13.5. The maximum absolute atomic E-state index is 12.7. The molecule has 2 N–H and O–H groups in total. The lowest BCUT2D eigenvalue weighted by atomic mass is 10.1. The predicted octanol–water partition coefficient (Wildman–Crippen LogP) is 2.64. The maximum atomic E-state index is 12.7. The number of carbonyl (C=O) groups is 2. The molecule has 4 rings (SSSR count). The van der Waals surface area contributed by atoms with E-state index in [9.17, 15) is 14.4 Å². The third-order valence-electron chi connectivity index (χ3n) is 4.77. The lowest BCUT2D eigenvalue weighted by Gasteiger charge is -2.17. The Morgan fingerprint density at radius 3 is 2.93 bits per heavy atom. The molecule has 1 saturated heterocycles. The number of hydrogen-bond donors (Lipinski definition) is 2. The third-order valence-corrected chi connectivity index (χ3v) is 5.49. The predicted molar refractivity (Wildman–Crippen MR) is 110 cm³/mol. The van der Waals surface area contributed by atoms with Crippen LogP contribution in [0.3, 0.4) is 0 Å². The minimum Gasteiger partial charge on any atom is -0.326 e. The first-order valence-corrected chi connectivity index (χ1v) is 10.0. The molecule has 1 aromatic heterocycles. The van der Waals surface area contributed by atoms with Gasteiger partial charge in [-0.1, -0.05) is 6.07 Å². The van der Waals surface area contributed by atoms with Crippen LogP contribution in [-0.4, -0.2) is 34.6 Å². The number of nitrogens with zero attached hydrogens (tertiary/aromatic N) is 2. The summed E-state index contributed by atoms with van der Waals surface area (Å²) in [5.74, 6) is -0.762. The molecule has 0 spiro atoms. The van der Waals surface area contributed by atoms with Gasteiger partial charge in [0.2, 0.25) is 11.8 Å². The average molecular weight is 394 g/mol. The van der Waals surface area contributed by atoms with Gasteiger partial charge in [0.1, 0.15) is 0 Å². The van der Waals surface area contributed by atoms with E-state index in [1.165, 1.54) is 6.33 Å². The Hall–Kier alpha value is -3.13. The largest absolute Gasteiger partial charge is 0.326 e. The van der Waals surface area contributed by atoms with Gasteiger partial charge in [0, 0.05) is 29.2 Å². The molecule has 3 aromatic rings. The van der Waals surface area contributed by atoms with E-state index in [1.54, 1.807) is 34.9 Å². The number of nitrogens with one attached hydrogen (secondary N) is 2. The number of thioether (sulfide) groups is 1. The number of hydrogen-bond acceptors (Lipinski definition) is 5. The van der Waals surface area contributed by atoms with Crippen molar-refractivity contribution in [2.45, 2.75) is 11.3 Å². The Bertz CT molecular complexity index is 1130. The van der Waals surface area contributed by atoms with E-state index < -0.39 is 5.92 Å². The number of amides is 2. The maximum Gasteiger partial charge on any atom is 0.258 e. The van der Waals surface area contributed by atoms with Gasteiger partial charge < -0.3 is 15.2 Å². The molecule has 2 amide bonds. The quantitative estimate of drug-likeness (QED) is 0.664. The molecule has 0 aliphatic carbocycles. The van der Waals surface area contributed by atoms with Crippen molar-refractivity contribution in [3.8, 4) is 0 Å². The molecule has 1 unspecified atom stereocenters. The van der Waals surface area contributed by atoms with Crippen LogP contribution in [0.5, 0.6) is 0 Å². The Morgan fingerprint density at radius 1 is 1.25 bits per heavy atom. The van der Waals surface area contributed by atoms with Crippen molar-refractivity contribution in [1.82, 2.24) is 9.97 Å². The summed E-state index contributed by atoms with van der Waals surface area (Å²) in [7, 11) is 0. The van der Waals surface area contributed by atoms with Gasteiger partial charge in [0.05, 0.1) is 23.1 Å². The Balaban J connectivity index is 1.50. The van der Waals surface area contributed by atoms with Gasteiger partial charge >= 0.3 is 0 Å². The Morgan fingerprint density at radius 2 is 2.11 bits per heavy atom. The highest BCUT2D eigenvalue weighted by Gasteiger charge is 2.35. The van der Waals surface area contributed by atoms with Crippen LogP contribution < -0.4 is 15.8 Å². The highest BCUT2D eigenvalue weighted by molar-refractivity contribution is 7.98. The van der Waals surface area contributed by atoms with E-state index in [1.807, 2.05) is 30.5 Å². The summed E-state index contributed by atoms with van der Waals surface area (Å²) >= 11 is 1.60. The van der Waals surface area contributed by atoms with Crippen molar-refractivity contribution in [2.75, 3.05) is 23.0 Å². The van der Waals surface area contributed by atoms with E-state index in [0.29, 0.717) is 23.1 Å². The van der Waals surface area contributed by atoms with Crippen molar-refractivity contribution in [1.29, 1.82) is 0 Å². The van der Waals surface area contributed by atoms with Crippen molar-refractivity contribution in [2.24, 2.45) is 5.92 Å². The van der Waals surface area contributed by atoms with Crippen LogP contribution in [0.1, 0.15) is 6.42 Å². The molecule has 0 saturated carbocycles. The monoisotopic (exact) mass is 394 g/mol. The van der Waals surface area contributed by atoms with E-state index in [4.69, 9.17) is 0 Å². The summed E-state index contributed by atoms with van der Waals surface area (Å²) in [6.45, 7) is 0.332. The second-order valence-electron chi connectivity index (χ2n) is 6.56. The zero-order valence-electron chi connectivity index (χ0n) is 15.1. The number of benzene rings is 2. The van der Waals surface area contributed by atoms with Crippen LogP contribution in [0.4, 0.5) is 11.4 Å². The van der Waals surface area contributed by atoms with Gasteiger partial charge in [-0.2, -0.15) is 0 Å². The van der Waals surface area contributed by atoms with Crippen molar-refractivity contribution >= 4 is 45.9 Å². The molecule has 2 aromatic carbocycles. The highest BCUT2D eigenvalue weighted by atomic mass is 32.2. The molecular formula is C20H18N4O3S. The molecule has 1 aliphatic heterocycles. The molecule has 1 atom stereocenters. The Labute approximate surface area is 165 Å². The van der Waals surface area contributed by atoms with Gasteiger partial charge in [-0.3, -0.25) is 14.4 Å². The SMILES string of the molecule is CSc1cccc(N2CC(C(=O)Nc3ccc4nc[nH]c(=O)c4c3)CC2=O)c1. The van der Waals surface area contributed by atoms with Gasteiger partial charge in [-0.15, -0.1) is 11.8 Å². The number of H-pyrrole nitrogens is 1. The number of anilines is 2. The lowest BCUT2D eigenvalue weighted by molar-refractivity contribution is -0.122. The summed E-state index contributed by atoms with van der Waals surface area (Å²) < 4.78 is 0. The molecule has 8 heteroatoms. The third kappa shape index (κ3) is 3.50. The fourth-order valence-corrected chi connectivity index (χ4v) is 3.76. The molecule has 1 aliphatic rings. The zero-order chi connectivity index (χ0) is 19.7. The molecule has 0 bridgehead atoms. The molecule has 7 nitrogen and oxygen atoms in total. The van der Waals surface area contributed by atoms with E-state index >= 15 is 0 Å². The Kier molecular flexibility index (Phi) is 4.87. The van der Waals surface area contributed by atoms with Crippen LogP contribution in [0.15, 0.2) is 58.5 Å². The number of fused-ring (bicyclic) bond motifs is 1. The lowest BCUT2D eigenvalue weighted by Crippen LogP contribution is -2.28. The van der Waals surface area contributed by atoms with E-state index in [2.05, 4.69) is 15.3 Å². The number of rotatable bonds is 4. The van der Waals surface area contributed by atoms with Crippen molar-refractivity contribution < 1.29 is 9.59 Å². The molecule has 1 fully saturated rings.